The summed E-state index contributed by atoms with van der Waals surface area (Å²) in [5, 5.41) is 3.30. The molecular formula is C34H60CoP2. The van der Waals surface area contributed by atoms with Crippen LogP contribution in [0.4, 0.5) is 0 Å². The summed E-state index contributed by atoms with van der Waals surface area (Å²) in [6, 6.07) is 18.3. The molecule has 2 rings (SSSR count). The Morgan fingerprint density at radius 1 is 0.459 bits per heavy atom. The molecule has 0 unspecified atom stereocenters. The third kappa shape index (κ3) is 19.7. The SMILES string of the molecule is CCCCCCP(CCCCCC)c1ccc[cH-]1.CCCCCCP(CCCCCC)c1ccc[cH-]1.[Co+2]. The molecule has 0 aromatic heterocycles. The van der Waals surface area contributed by atoms with Crippen LogP contribution in [0.3, 0.4) is 0 Å². The van der Waals surface area contributed by atoms with Gasteiger partial charge in [-0.2, -0.15) is 24.3 Å². The number of hydrogen-bond donors (Lipinski definition) is 0. The standard InChI is InChI=1S/2C17H30P.Co/c2*1-3-5-7-11-15-18(16-12-8-6-4-2)17-13-9-10-14-17;/h2*9-10,13-14H,3-8,11-12,15-16H2,1-2H3;/q2*-1;+2. The molecule has 0 N–H and O–H groups in total. The largest absolute Gasteiger partial charge is 2.00 e. The summed E-state index contributed by atoms with van der Waals surface area (Å²) < 4.78 is 0. The summed E-state index contributed by atoms with van der Waals surface area (Å²) in [5.74, 6) is 0. The fourth-order valence-corrected chi connectivity index (χ4v) is 9.90. The van der Waals surface area contributed by atoms with Gasteiger partial charge in [0.1, 0.15) is 0 Å². The van der Waals surface area contributed by atoms with Gasteiger partial charge in [0.05, 0.1) is 0 Å². The van der Waals surface area contributed by atoms with Gasteiger partial charge < -0.3 is 0 Å². The molecule has 0 saturated carbocycles. The minimum absolute atomic E-state index is 0. The average Bonchev–Trinajstić information content (AvgIpc) is 3.62. The van der Waals surface area contributed by atoms with E-state index in [1.54, 1.807) is 10.6 Å². The van der Waals surface area contributed by atoms with E-state index in [4.69, 9.17) is 0 Å². The molecule has 0 aliphatic heterocycles. The first-order valence-electron chi connectivity index (χ1n) is 15.7. The zero-order chi connectivity index (χ0) is 26.1. The van der Waals surface area contributed by atoms with Crippen LogP contribution in [0, 0.1) is 0 Å². The van der Waals surface area contributed by atoms with Gasteiger partial charge >= 0.3 is 16.8 Å². The predicted octanol–water partition coefficient (Wildman–Crippen LogP) is 11.3. The molecule has 0 nitrogen and oxygen atoms in total. The van der Waals surface area contributed by atoms with Crippen molar-refractivity contribution in [3.63, 3.8) is 0 Å². The van der Waals surface area contributed by atoms with Gasteiger partial charge in [0, 0.05) is 0 Å². The van der Waals surface area contributed by atoms with E-state index in [1.807, 2.05) is 0 Å². The zero-order valence-electron chi connectivity index (χ0n) is 25.0. The van der Waals surface area contributed by atoms with Gasteiger partial charge in [-0.25, -0.2) is 24.3 Å². The first kappa shape index (κ1) is 37.1. The van der Waals surface area contributed by atoms with E-state index in [1.165, 1.54) is 127 Å². The van der Waals surface area contributed by atoms with E-state index < -0.39 is 0 Å². The molecule has 0 aliphatic rings. The van der Waals surface area contributed by atoms with Crippen molar-refractivity contribution in [2.24, 2.45) is 0 Å². The molecule has 37 heavy (non-hydrogen) atoms. The van der Waals surface area contributed by atoms with Gasteiger partial charge in [-0.3, -0.25) is 0 Å². The molecule has 2 aromatic rings. The zero-order valence-corrected chi connectivity index (χ0v) is 27.8. The summed E-state index contributed by atoms with van der Waals surface area (Å²) in [6.45, 7) is 9.19. The molecule has 1 radical (unpaired) electrons. The second-order valence-electron chi connectivity index (χ2n) is 10.5. The van der Waals surface area contributed by atoms with E-state index in [2.05, 4.69) is 76.2 Å². The molecule has 215 valence electrons. The van der Waals surface area contributed by atoms with Gasteiger partial charge in [-0.1, -0.05) is 105 Å². The van der Waals surface area contributed by atoms with Crippen molar-refractivity contribution >= 4 is 26.5 Å². The quantitative estimate of drug-likeness (QED) is 0.0728. The van der Waals surface area contributed by atoms with E-state index in [0.717, 1.165) is 0 Å². The first-order chi connectivity index (χ1) is 17.8. The Morgan fingerprint density at radius 3 is 0.973 bits per heavy atom. The molecule has 3 heteroatoms. The minimum atomic E-state index is 0. The smallest absolute Gasteiger partial charge is 0.213 e. The Morgan fingerprint density at radius 2 is 0.757 bits per heavy atom. The second kappa shape index (κ2) is 27.6. The molecule has 2 aromatic carbocycles. The Bertz CT molecular complexity index is 567. The van der Waals surface area contributed by atoms with Crippen LogP contribution < -0.4 is 10.6 Å². The Balaban J connectivity index is 0.000000682. The molecule has 0 atom stereocenters. The van der Waals surface area contributed by atoms with Crippen LogP contribution in [-0.4, -0.2) is 24.6 Å². The van der Waals surface area contributed by atoms with Gasteiger partial charge in [-0.15, -0.1) is 26.5 Å². The van der Waals surface area contributed by atoms with Crippen molar-refractivity contribution in [3.8, 4) is 0 Å². The maximum atomic E-state index is 2.35. The number of rotatable bonds is 22. The Labute approximate surface area is 246 Å². The average molecular weight is 590 g/mol. The summed E-state index contributed by atoms with van der Waals surface area (Å²) in [7, 11) is 0.296. The third-order valence-electron chi connectivity index (χ3n) is 7.15. The van der Waals surface area contributed by atoms with E-state index in [0.29, 0.717) is 0 Å². The van der Waals surface area contributed by atoms with Crippen molar-refractivity contribution in [1.82, 2.24) is 0 Å². The van der Waals surface area contributed by atoms with Crippen molar-refractivity contribution in [2.75, 3.05) is 24.6 Å². The van der Waals surface area contributed by atoms with Crippen LogP contribution in [-0.2, 0) is 16.8 Å². The number of unbranched alkanes of at least 4 members (excludes halogenated alkanes) is 12. The van der Waals surface area contributed by atoms with Gasteiger partial charge in [0.2, 0.25) is 0 Å². The van der Waals surface area contributed by atoms with E-state index in [-0.39, 0.29) is 32.6 Å². The Hall–Kier alpha value is 0.0665. The third-order valence-corrected chi connectivity index (χ3v) is 12.6. The summed E-state index contributed by atoms with van der Waals surface area (Å²) in [6.07, 6.45) is 28.4. The molecule has 0 fully saturated rings. The molecule has 0 amide bonds. The van der Waals surface area contributed by atoms with Crippen molar-refractivity contribution in [2.45, 2.75) is 130 Å². The molecule has 0 spiro atoms. The number of hydrogen-bond acceptors (Lipinski definition) is 0. The maximum Gasteiger partial charge on any atom is 2.00 e. The van der Waals surface area contributed by atoms with E-state index >= 15 is 0 Å². The Kier molecular flexibility index (Phi) is 27.7. The first-order valence-corrected chi connectivity index (χ1v) is 19.1. The summed E-state index contributed by atoms with van der Waals surface area (Å²) >= 11 is 0. The van der Waals surface area contributed by atoms with E-state index in [9.17, 15) is 0 Å². The fourth-order valence-electron chi connectivity index (χ4n) is 4.81. The summed E-state index contributed by atoms with van der Waals surface area (Å²) in [4.78, 5) is 0. The van der Waals surface area contributed by atoms with Crippen LogP contribution >= 0.6 is 15.8 Å². The second-order valence-corrected chi connectivity index (χ2v) is 15.5. The van der Waals surface area contributed by atoms with Gasteiger partial charge in [0.25, 0.3) is 0 Å². The van der Waals surface area contributed by atoms with Crippen LogP contribution in [0.25, 0.3) is 0 Å². The van der Waals surface area contributed by atoms with Crippen molar-refractivity contribution in [1.29, 1.82) is 0 Å². The van der Waals surface area contributed by atoms with Gasteiger partial charge in [0.15, 0.2) is 0 Å². The van der Waals surface area contributed by atoms with Crippen LogP contribution in [0.2, 0.25) is 0 Å². The van der Waals surface area contributed by atoms with Crippen LogP contribution in [0.5, 0.6) is 0 Å². The summed E-state index contributed by atoms with van der Waals surface area (Å²) in [5.41, 5.74) is 0. The minimum Gasteiger partial charge on any atom is -0.213 e. The normalized spacial score (nSPS) is 11.0. The van der Waals surface area contributed by atoms with Crippen LogP contribution in [0.15, 0.2) is 48.5 Å². The molecule has 0 bridgehead atoms. The topological polar surface area (TPSA) is 0 Å². The van der Waals surface area contributed by atoms with Crippen molar-refractivity contribution in [3.05, 3.63) is 48.5 Å². The maximum absolute atomic E-state index is 2.35. The molecule has 0 aliphatic carbocycles. The molecular weight excluding hydrogens is 529 g/mol. The fraction of sp³-hybridized carbons (Fsp3) is 0.706. The predicted molar refractivity (Wildman–Crippen MR) is 173 cm³/mol. The van der Waals surface area contributed by atoms with Crippen LogP contribution in [0.1, 0.15) is 130 Å². The molecule has 0 heterocycles. The van der Waals surface area contributed by atoms with Gasteiger partial charge in [-0.05, 0) is 50.3 Å². The monoisotopic (exact) mass is 589 g/mol. The molecule has 0 saturated heterocycles. The van der Waals surface area contributed by atoms with Crippen molar-refractivity contribution < 1.29 is 16.8 Å².